The lowest BCUT2D eigenvalue weighted by molar-refractivity contribution is 0.354. The molecule has 0 spiro atoms. The van der Waals surface area contributed by atoms with Crippen LogP contribution in [0.2, 0.25) is 0 Å². The molecule has 1 aromatic rings. The van der Waals surface area contributed by atoms with E-state index >= 15 is 0 Å². The Bertz CT molecular complexity index is 382. The molecule has 16 heavy (non-hydrogen) atoms. The van der Waals surface area contributed by atoms with Gasteiger partial charge in [-0.1, -0.05) is 17.8 Å². The van der Waals surface area contributed by atoms with Crippen molar-refractivity contribution in [3.63, 3.8) is 0 Å². The third-order valence-electron chi connectivity index (χ3n) is 1.96. The molecule has 0 aromatic heterocycles. The van der Waals surface area contributed by atoms with E-state index in [0.29, 0.717) is 22.4 Å². The topological polar surface area (TPSA) is 82.9 Å². The number of benzene rings is 1. The normalized spacial score (nSPS) is 11.2. The third-order valence-corrected chi connectivity index (χ3v) is 2.84. The van der Waals surface area contributed by atoms with Gasteiger partial charge in [0.15, 0.2) is 16.7 Å². The Morgan fingerprint density at radius 1 is 1.31 bits per heavy atom. The molecule has 0 bridgehead atoms. The summed E-state index contributed by atoms with van der Waals surface area (Å²) < 4.78 is 10.3. The maximum absolute atomic E-state index is 5.48. The zero-order valence-corrected chi connectivity index (χ0v) is 10.1. The fourth-order valence-electron chi connectivity index (χ4n) is 1.16. The molecule has 0 amide bonds. The number of hydrogen-bond acceptors (Lipinski definition) is 5. The zero-order chi connectivity index (χ0) is 12.0. The van der Waals surface area contributed by atoms with Crippen molar-refractivity contribution in [3.05, 3.63) is 23.8 Å². The molecule has 6 heteroatoms. The maximum Gasteiger partial charge on any atom is 0.177 e. The minimum Gasteiger partial charge on any atom is -0.493 e. The van der Waals surface area contributed by atoms with E-state index in [-0.39, 0.29) is 0 Å². The van der Waals surface area contributed by atoms with Crippen LogP contribution in [0, 0.1) is 0 Å². The fourth-order valence-corrected chi connectivity index (χ4v) is 1.73. The summed E-state index contributed by atoms with van der Waals surface area (Å²) in [4.78, 5) is 0. The van der Waals surface area contributed by atoms with E-state index in [1.54, 1.807) is 14.2 Å². The lowest BCUT2D eigenvalue weighted by Gasteiger charge is -2.09. The van der Waals surface area contributed by atoms with E-state index in [0.717, 1.165) is 5.56 Å². The van der Waals surface area contributed by atoms with Crippen LogP contribution >= 0.6 is 11.8 Å². The average molecular weight is 241 g/mol. The molecule has 0 fully saturated rings. The lowest BCUT2D eigenvalue weighted by Crippen LogP contribution is -2.09. The average Bonchev–Trinajstić information content (AvgIpc) is 2.35. The number of hydrazone groups is 1. The summed E-state index contributed by atoms with van der Waals surface area (Å²) in [7, 11) is 3.20. The number of nitrogens with zero attached hydrogens (tertiary/aromatic N) is 1. The summed E-state index contributed by atoms with van der Waals surface area (Å²) in [5, 5.41) is 3.74. The maximum atomic E-state index is 5.48. The minimum atomic E-state index is 0.356. The highest BCUT2D eigenvalue weighted by molar-refractivity contribution is 8.13. The highest BCUT2D eigenvalue weighted by Gasteiger charge is 2.05. The molecule has 1 rings (SSSR count). The molecule has 0 aliphatic heterocycles. The first-order valence-corrected chi connectivity index (χ1v) is 5.57. The van der Waals surface area contributed by atoms with Crippen LogP contribution in [0.4, 0.5) is 0 Å². The van der Waals surface area contributed by atoms with Gasteiger partial charge in [-0.3, -0.25) is 0 Å². The quantitative estimate of drug-likeness (QED) is 0.357. The molecule has 1 aromatic carbocycles. The molecule has 0 atom stereocenters. The van der Waals surface area contributed by atoms with Crippen molar-refractivity contribution in [2.45, 2.75) is 5.75 Å². The van der Waals surface area contributed by atoms with E-state index in [2.05, 4.69) is 5.10 Å². The molecule has 0 aliphatic carbocycles. The first kappa shape index (κ1) is 12.5. The van der Waals surface area contributed by atoms with Crippen LogP contribution in [-0.2, 0) is 5.75 Å². The molecular weight excluding hydrogens is 226 g/mol. The number of amidine groups is 1. The Balaban J connectivity index is 2.75. The Hall–Kier alpha value is -1.56. The van der Waals surface area contributed by atoms with E-state index in [4.69, 9.17) is 21.1 Å². The Morgan fingerprint density at radius 3 is 2.56 bits per heavy atom. The molecule has 88 valence electrons. The molecule has 0 saturated carbocycles. The molecule has 0 unspecified atom stereocenters. The van der Waals surface area contributed by atoms with Crippen LogP contribution in [0.5, 0.6) is 11.5 Å². The van der Waals surface area contributed by atoms with Gasteiger partial charge in [0.05, 0.1) is 14.2 Å². The summed E-state index contributed by atoms with van der Waals surface area (Å²) in [6.45, 7) is 0. The van der Waals surface area contributed by atoms with Crippen molar-refractivity contribution in [2.75, 3.05) is 14.2 Å². The first-order valence-electron chi connectivity index (χ1n) is 4.58. The van der Waals surface area contributed by atoms with Crippen LogP contribution < -0.4 is 21.1 Å². The van der Waals surface area contributed by atoms with Gasteiger partial charge >= 0.3 is 0 Å². The molecule has 4 N–H and O–H groups in total. The Labute approximate surface area is 98.8 Å². The van der Waals surface area contributed by atoms with E-state index in [9.17, 15) is 0 Å². The van der Waals surface area contributed by atoms with Gasteiger partial charge in [0, 0.05) is 5.75 Å². The van der Waals surface area contributed by atoms with E-state index < -0.39 is 0 Å². The smallest absolute Gasteiger partial charge is 0.177 e. The van der Waals surface area contributed by atoms with Gasteiger partial charge in [-0.25, -0.2) is 0 Å². The van der Waals surface area contributed by atoms with Crippen LogP contribution in [-0.4, -0.2) is 19.4 Å². The highest BCUT2D eigenvalue weighted by atomic mass is 32.2. The summed E-state index contributed by atoms with van der Waals surface area (Å²) in [6, 6.07) is 5.69. The summed E-state index contributed by atoms with van der Waals surface area (Å²) in [5.41, 5.74) is 6.54. The number of rotatable bonds is 4. The first-order chi connectivity index (χ1) is 7.71. The van der Waals surface area contributed by atoms with Gasteiger partial charge in [-0.05, 0) is 17.7 Å². The van der Waals surface area contributed by atoms with Gasteiger partial charge < -0.3 is 21.1 Å². The van der Waals surface area contributed by atoms with E-state index in [1.165, 1.54) is 11.8 Å². The Morgan fingerprint density at radius 2 is 2.00 bits per heavy atom. The zero-order valence-electron chi connectivity index (χ0n) is 9.27. The second-order valence-corrected chi connectivity index (χ2v) is 3.94. The van der Waals surface area contributed by atoms with Crippen LogP contribution in [0.25, 0.3) is 0 Å². The van der Waals surface area contributed by atoms with Crippen molar-refractivity contribution < 1.29 is 9.47 Å². The second-order valence-electron chi connectivity index (χ2n) is 2.95. The predicted octanol–water partition coefficient (Wildman–Crippen LogP) is 1.13. The van der Waals surface area contributed by atoms with Gasteiger partial charge in [0.2, 0.25) is 0 Å². The third kappa shape index (κ3) is 3.23. The number of hydrogen-bond donors (Lipinski definition) is 2. The van der Waals surface area contributed by atoms with Gasteiger partial charge in [0.25, 0.3) is 0 Å². The number of methoxy groups -OCH3 is 2. The standard InChI is InChI=1S/C10H15N3O2S/c1-14-8-4-3-7(5-9(8)15-2)6-16-10(11)13-12/h3-5H,6,12H2,1-2H3,(H2,11,13). The SMILES string of the molecule is COc1ccc(CSC(N)=NN)cc1OC. The van der Waals surface area contributed by atoms with Crippen LogP contribution in [0.15, 0.2) is 23.3 Å². The predicted molar refractivity (Wildman–Crippen MR) is 66.7 cm³/mol. The number of nitrogens with two attached hydrogens (primary N) is 2. The molecule has 0 saturated heterocycles. The molecule has 0 heterocycles. The number of thioether (sulfide) groups is 1. The van der Waals surface area contributed by atoms with Crippen molar-refractivity contribution in [2.24, 2.45) is 16.7 Å². The van der Waals surface area contributed by atoms with E-state index in [1.807, 2.05) is 18.2 Å². The fraction of sp³-hybridized carbons (Fsp3) is 0.300. The Kier molecular flexibility index (Phi) is 4.78. The second kappa shape index (κ2) is 6.12. The summed E-state index contributed by atoms with van der Waals surface area (Å²) in [6.07, 6.45) is 0. The molecular formula is C10H15N3O2S. The van der Waals surface area contributed by atoms with Crippen molar-refractivity contribution in [1.29, 1.82) is 0 Å². The number of ether oxygens (including phenoxy) is 2. The van der Waals surface area contributed by atoms with Gasteiger partial charge in [-0.2, -0.15) is 5.10 Å². The minimum absolute atomic E-state index is 0.356. The van der Waals surface area contributed by atoms with Crippen LogP contribution in [0.1, 0.15) is 5.56 Å². The summed E-state index contributed by atoms with van der Waals surface area (Å²) in [5.74, 6) is 7.13. The molecule has 0 aliphatic rings. The van der Waals surface area contributed by atoms with Crippen molar-refractivity contribution >= 4 is 16.9 Å². The highest BCUT2D eigenvalue weighted by Crippen LogP contribution is 2.28. The lowest BCUT2D eigenvalue weighted by atomic mass is 10.2. The summed E-state index contributed by atoms with van der Waals surface area (Å²) >= 11 is 1.37. The van der Waals surface area contributed by atoms with Gasteiger partial charge in [-0.15, -0.1) is 0 Å². The monoisotopic (exact) mass is 241 g/mol. The molecule has 5 nitrogen and oxygen atoms in total. The van der Waals surface area contributed by atoms with Crippen LogP contribution in [0.3, 0.4) is 0 Å². The molecule has 0 radical (unpaired) electrons. The van der Waals surface area contributed by atoms with Crippen molar-refractivity contribution in [3.8, 4) is 11.5 Å². The van der Waals surface area contributed by atoms with Crippen molar-refractivity contribution in [1.82, 2.24) is 0 Å². The van der Waals surface area contributed by atoms with Gasteiger partial charge in [0.1, 0.15) is 0 Å². The largest absolute Gasteiger partial charge is 0.493 e.